The third-order valence-corrected chi connectivity index (χ3v) is 3.13. The van der Waals surface area contributed by atoms with Gasteiger partial charge in [-0.15, -0.1) is 11.3 Å². The van der Waals surface area contributed by atoms with Crippen LogP contribution in [0.4, 0.5) is 5.69 Å². The molecule has 1 aromatic heterocycles. The van der Waals surface area contributed by atoms with Gasteiger partial charge in [-0.1, -0.05) is 0 Å². The van der Waals surface area contributed by atoms with E-state index in [1.807, 2.05) is 11.3 Å². The highest BCUT2D eigenvalue weighted by Gasteiger charge is 2.15. The maximum absolute atomic E-state index is 5.50. The fourth-order valence-corrected chi connectivity index (χ4v) is 2.58. The Morgan fingerprint density at radius 2 is 2.55 bits per heavy atom. The molecule has 0 saturated carbocycles. The minimum atomic E-state index is 0.771. The lowest BCUT2D eigenvalue weighted by Gasteiger charge is -1.95. The average Bonchev–Trinajstić information content (AvgIpc) is 2.53. The van der Waals surface area contributed by atoms with Gasteiger partial charge in [0.2, 0.25) is 0 Å². The summed E-state index contributed by atoms with van der Waals surface area (Å²) in [7, 11) is 0. The Labute approximate surface area is 70.4 Å². The van der Waals surface area contributed by atoms with Crippen molar-refractivity contribution in [2.24, 2.45) is 5.73 Å². The van der Waals surface area contributed by atoms with E-state index in [0.29, 0.717) is 0 Å². The molecule has 3 N–H and O–H groups in total. The van der Waals surface area contributed by atoms with Gasteiger partial charge in [0.05, 0.1) is 0 Å². The van der Waals surface area contributed by atoms with Gasteiger partial charge in [0.1, 0.15) is 0 Å². The summed E-state index contributed by atoms with van der Waals surface area (Å²) in [5.74, 6) is 0. The zero-order valence-electron chi connectivity index (χ0n) is 6.39. The molecule has 0 aromatic carbocycles. The molecule has 1 aromatic rings. The van der Waals surface area contributed by atoms with Gasteiger partial charge in [-0.2, -0.15) is 0 Å². The molecule has 0 spiro atoms. The van der Waals surface area contributed by atoms with Crippen molar-refractivity contribution < 1.29 is 0 Å². The highest BCUT2D eigenvalue weighted by atomic mass is 32.1. The second kappa shape index (κ2) is 2.83. The summed E-state index contributed by atoms with van der Waals surface area (Å²) in [6, 6.07) is 0. The first-order valence-electron chi connectivity index (χ1n) is 3.95. The summed E-state index contributed by atoms with van der Waals surface area (Å²) in [6.07, 6.45) is 2.23. The van der Waals surface area contributed by atoms with Crippen molar-refractivity contribution in [1.82, 2.24) is 0 Å². The van der Waals surface area contributed by atoms with E-state index >= 15 is 0 Å². The predicted molar refractivity (Wildman–Crippen MR) is 49.3 cm³/mol. The van der Waals surface area contributed by atoms with Crippen LogP contribution in [-0.4, -0.2) is 13.1 Å². The number of hydrogen-bond acceptors (Lipinski definition) is 3. The molecule has 2 rings (SSSR count). The van der Waals surface area contributed by atoms with E-state index in [4.69, 9.17) is 5.73 Å². The molecule has 60 valence electrons. The van der Waals surface area contributed by atoms with E-state index in [-0.39, 0.29) is 0 Å². The minimum Gasteiger partial charge on any atom is -0.384 e. The number of rotatable bonds is 2. The maximum atomic E-state index is 5.50. The van der Waals surface area contributed by atoms with Gasteiger partial charge in [-0.3, -0.25) is 0 Å². The van der Waals surface area contributed by atoms with Gasteiger partial charge in [-0.25, -0.2) is 0 Å². The summed E-state index contributed by atoms with van der Waals surface area (Å²) < 4.78 is 0. The molecule has 3 heteroatoms. The normalized spacial score (nSPS) is 14.6. The monoisotopic (exact) mass is 168 g/mol. The molecule has 0 unspecified atom stereocenters. The van der Waals surface area contributed by atoms with Gasteiger partial charge < -0.3 is 11.1 Å². The first kappa shape index (κ1) is 7.13. The van der Waals surface area contributed by atoms with Crippen molar-refractivity contribution in [1.29, 1.82) is 0 Å². The van der Waals surface area contributed by atoms with Crippen LogP contribution in [0.3, 0.4) is 0 Å². The Morgan fingerprint density at radius 3 is 3.36 bits per heavy atom. The van der Waals surface area contributed by atoms with E-state index in [1.54, 1.807) is 0 Å². The lowest BCUT2D eigenvalue weighted by Crippen LogP contribution is -2.02. The molecule has 0 bridgehead atoms. The zero-order chi connectivity index (χ0) is 7.68. The Bertz CT molecular complexity index is 255. The fraction of sp³-hybridized carbons (Fsp3) is 0.500. The van der Waals surface area contributed by atoms with E-state index in [2.05, 4.69) is 10.7 Å². The summed E-state index contributed by atoms with van der Waals surface area (Å²) in [6.45, 7) is 1.88. The van der Waals surface area contributed by atoms with Crippen molar-refractivity contribution in [3.8, 4) is 0 Å². The quantitative estimate of drug-likeness (QED) is 0.696. The van der Waals surface area contributed by atoms with Crippen LogP contribution in [0.25, 0.3) is 0 Å². The maximum Gasteiger partial charge on any atom is 0.0485 e. The van der Waals surface area contributed by atoms with Crippen LogP contribution < -0.4 is 11.1 Å². The third kappa shape index (κ3) is 1.14. The van der Waals surface area contributed by atoms with Gasteiger partial charge in [0, 0.05) is 22.5 Å². The Morgan fingerprint density at radius 1 is 1.64 bits per heavy atom. The van der Waals surface area contributed by atoms with Crippen LogP contribution >= 0.6 is 11.3 Å². The van der Waals surface area contributed by atoms with Crippen LogP contribution in [0, 0.1) is 0 Å². The van der Waals surface area contributed by atoms with Crippen molar-refractivity contribution in [3.05, 3.63) is 15.8 Å². The Balaban J connectivity index is 2.27. The summed E-state index contributed by atoms with van der Waals surface area (Å²) in [5, 5.41) is 5.55. The van der Waals surface area contributed by atoms with Crippen molar-refractivity contribution >= 4 is 17.0 Å². The Kier molecular flexibility index (Phi) is 1.84. The van der Waals surface area contributed by atoms with E-state index in [9.17, 15) is 0 Å². The second-order valence-corrected chi connectivity index (χ2v) is 3.73. The number of hydrogen-bond donors (Lipinski definition) is 2. The van der Waals surface area contributed by atoms with E-state index < -0.39 is 0 Å². The highest BCUT2D eigenvalue weighted by molar-refractivity contribution is 7.10. The molecule has 0 amide bonds. The molecule has 0 fully saturated rings. The molecule has 11 heavy (non-hydrogen) atoms. The molecule has 0 aliphatic carbocycles. The molecule has 1 aliphatic heterocycles. The van der Waals surface area contributed by atoms with Gasteiger partial charge >= 0.3 is 0 Å². The van der Waals surface area contributed by atoms with Crippen LogP contribution in [0.2, 0.25) is 0 Å². The largest absolute Gasteiger partial charge is 0.384 e. The smallest absolute Gasteiger partial charge is 0.0485 e. The topological polar surface area (TPSA) is 38.0 Å². The SMILES string of the molecule is NCCc1scc2c1CCN2. The first-order valence-corrected chi connectivity index (χ1v) is 4.83. The molecular formula is C8H12N2S. The van der Waals surface area contributed by atoms with Crippen LogP contribution in [0.1, 0.15) is 10.4 Å². The molecule has 0 radical (unpaired) electrons. The molecule has 1 aliphatic rings. The summed E-state index contributed by atoms with van der Waals surface area (Å²) in [4.78, 5) is 1.48. The number of nitrogens with two attached hydrogens (primary N) is 1. The molecule has 2 nitrogen and oxygen atoms in total. The predicted octanol–water partition coefficient (Wildman–Crippen LogP) is 1.22. The first-order chi connectivity index (χ1) is 5.42. The van der Waals surface area contributed by atoms with Gasteiger partial charge in [-0.05, 0) is 24.9 Å². The number of anilines is 1. The molecular weight excluding hydrogens is 156 g/mol. The van der Waals surface area contributed by atoms with Crippen molar-refractivity contribution in [2.45, 2.75) is 12.8 Å². The van der Waals surface area contributed by atoms with Crippen molar-refractivity contribution in [3.63, 3.8) is 0 Å². The van der Waals surface area contributed by atoms with Crippen LogP contribution in [-0.2, 0) is 12.8 Å². The van der Waals surface area contributed by atoms with Gasteiger partial charge in [0.25, 0.3) is 0 Å². The van der Waals surface area contributed by atoms with Gasteiger partial charge in [0.15, 0.2) is 0 Å². The molecule has 0 atom stereocenters. The van der Waals surface area contributed by atoms with E-state index in [1.165, 1.54) is 22.5 Å². The number of fused-ring (bicyclic) bond motifs is 1. The fourth-order valence-electron chi connectivity index (χ4n) is 1.51. The number of nitrogens with one attached hydrogen (secondary N) is 1. The minimum absolute atomic E-state index is 0.771. The summed E-state index contributed by atoms with van der Waals surface area (Å²) in [5.41, 5.74) is 8.36. The lowest BCUT2D eigenvalue weighted by molar-refractivity contribution is 0.966. The van der Waals surface area contributed by atoms with Crippen LogP contribution in [0.15, 0.2) is 5.38 Å². The van der Waals surface area contributed by atoms with Crippen LogP contribution in [0.5, 0.6) is 0 Å². The molecule has 2 heterocycles. The van der Waals surface area contributed by atoms with Crippen molar-refractivity contribution in [2.75, 3.05) is 18.4 Å². The van der Waals surface area contributed by atoms with E-state index in [0.717, 1.165) is 19.5 Å². The zero-order valence-corrected chi connectivity index (χ0v) is 7.21. The third-order valence-electron chi connectivity index (χ3n) is 2.04. The highest BCUT2D eigenvalue weighted by Crippen LogP contribution is 2.31. The Hall–Kier alpha value is -0.540. The lowest BCUT2D eigenvalue weighted by atomic mass is 10.2. The average molecular weight is 168 g/mol. The number of thiophene rings is 1. The standard InChI is InChI=1S/C8H12N2S/c9-3-1-8-6-2-4-10-7(6)5-11-8/h5,10H,1-4,9H2. The molecule has 0 saturated heterocycles. The second-order valence-electron chi connectivity index (χ2n) is 2.77. The summed E-state index contributed by atoms with van der Waals surface area (Å²) >= 11 is 1.83.